The van der Waals surface area contributed by atoms with Crippen LogP contribution in [0.1, 0.15) is 36.4 Å². The first kappa shape index (κ1) is 13.0. The lowest BCUT2D eigenvalue weighted by Gasteiger charge is -2.22. The van der Waals surface area contributed by atoms with Crippen molar-refractivity contribution in [2.75, 3.05) is 19.6 Å². The quantitative estimate of drug-likeness (QED) is 0.764. The van der Waals surface area contributed by atoms with Gasteiger partial charge >= 0.3 is 0 Å². The van der Waals surface area contributed by atoms with Crippen molar-refractivity contribution >= 4 is 11.3 Å². The van der Waals surface area contributed by atoms with Crippen LogP contribution in [0.2, 0.25) is 0 Å². The molecule has 4 heteroatoms. The van der Waals surface area contributed by atoms with Gasteiger partial charge in [0.15, 0.2) is 0 Å². The predicted octanol–water partition coefficient (Wildman–Crippen LogP) is 2.32. The Morgan fingerprint density at radius 1 is 1.47 bits per heavy atom. The zero-order valence-electron chi connectivity index (χ0n) is 10.7. The van der Waals surface area contributed by atoms with Crippen molar-refractivity contribution in [2.24, 2.45) is 5.92 Å². The average Bonchev–Trinajstić information content (AvgIpc) is 2.76. The van der Waals surface area contributed by atoms with Gasteiger partial charge in [0, 0.05) is 11.9 Å². The number of piperidine rings is 1. The highest BCUT2D eigenvalue weighted by Crippen LogP contribution is 2.17. The highest BCUT2D eigenvalue weighted by Gasteiger charge is 2.11. The van der Waals surface area contributed by atoms with Gasteiger partial charge < -0.3 is 10.6 Å². The number of aryl methyl sites for hydroxylation is 1. The van der Waals surface area contributed by atoms with E-state index >= 15 is 0 Å². The summed E-state index contributed by atoms with van der Waals surface area (Å²) in [6.07, 6.45) is 5.41. The Balaban J connectivity index is 1.51. The van der Waals surface area contributed by atoms with E-state index in [1.54, 1.807) is 11.3 Å². The molecule has 0 radical (unpaired) electrons. The molecule has 2 heterocycles. The van der Waals surface area contributed by atoms with E-state index in [2.05, 4.69) is 27.9 Å². The molecule has 0 atom stereocenters. The van der Waals surface area contributed by atoms with Crippen molar-refractivity contribution < 1.29 is 0 Å². The largest absolute Gasteiger partial charge is 0.317 e. The summed E-state index contributed by atoms with van der Waals surface area (Å²) in [5.41, 5.74) is 1.19. The smallest absolute Gasteiger partial charge is 0.0897 e. The van der Waals surface area contributed by atoms with Crippen LogP contribution in [0, 0.1) is 12.8 Å². The topological polar surface area (TPSA) is 37.0 Å². The summed E-state index contributed by atoms with van der Waals surface area (Å²) < 4.78 is 0. The molecule has 0 spiro atoms. The van der Waals surface area contributed by atoms with Crippen LogP contribution < -0.4 is 10.6 Å². The van der Waals surface area contributed by atoms with Crippen LogP contribution >= 0.6 is 11.3 Å². The molecular formula is C13H23N3S. The fourth-order valence-electron chi connectivity index (χ4n) is 2.39. The minimum Gasteiger partial charge on any atom is -0.317 e. The van der Waals surface area contributed by atoms with Crippen molar-refractivity contribution in [3.05, 3.63) is 16.1 Å². The zero-order valence-corrected chi connectivity index (χ0v) is 11.5. The first-order valence-corrected chi connectivity index (χ1v) is 7.55. The monoisotopic (exact) mass is 253 g/mol. The summed E-state index contributed by atoms with van der Waals surface area (Å²) in [6, 6.07) is 0. The molecule has 0 bridgehead atoms. The zero-order chi connectivity index (χ0) is 11.9. The molecule has 3 nitrogen and oxygen atoms in total. The van der Waals surface area contributed by atoms with Crippen molar-refractivity contribution in [1.82, 2.24) is 15.6 Å². The lowest BCUT2D eigenvalue weighted by atomic mass is 9.93. The van der Waals surface area contributed by atoms with Gasteiger partial charge in [0.1, 0.15) is 0 Å². The maximum Gasteiger partial charge on any atom is 0.0897 e. The fraction of sp³-hybridized carbons (Fsp3) is 0.769. The summed E-state index contributed by atoms with van der Waals surface area (Å²) in [4.78, 5) is 4.45. The van der Waals surface area contributed by atoms with Crippen LogP contribution in [0.3, 0.4) is 0 Å². The maximum absolute atomic E-state index is 4.45. The second-order valence-electron chi connectivity index (χ2n) is 4.87. The third kappa shape index (κ3) is 4.74. The molecule has 0 aliphatic carbocycles. The Bertz CT molecular complexity index is 318. The Morgan fingerprint density at radius 3 is 3.00 bits per heavy atom. The number of nitrogens with zero attached hydrogens (tertiary/aromatic N) is 1. The van der Waals surface area contributed by atoms with Crippen LogP contribution in [-0.2, 0) is 6.54 Å². The number of hydrogen-bond acceptors (Lipinski definition) is 4. The SMILES string of the molecule is Cc1nc(CNCCCC2CCNCC2)cs1. The Kier molecular flexibility index (Phi) is 5.42. The normalized spacial score (nSPS) is 17.5. The standard InChI is InChI=1S/C13H23N3S/c1-11-16-13(10-17-11)9-15-6-2-3-12-4-7-14-8-5-12/h10,12,14-15H,2-9H2,1H3. The second kappa shape index (κ2) is 7.09. The van der Waals surface area contributed by atoms with Crippen LogP contribution in [0.15, 0.2) is 5.38 Å². The van der Waals surface area contributed by atoms with Crippen molar-refractivity contribution in [1.29, 1.82) is 0 Å². The fourth-order valence-corrected chi connectivity index (χ4v) is 3.00. The van der Waals surface area contributed by atoms with Crippen molar-refractivity contribution in [2.45, 2.75) is 39.2 Å². The molecule has 1 saturated heterocycles. The van der Waals surface area contributed by atoms with Gasteiger partial charge in [0.25, 0.3) is 0 Å². The van der Waals surface area contributed by atoms with Gasteiger partial charge in [-0.3, -0.25) is 0 Å². The molecule has 2 N–H and O–H groups in total. The van der Waals surface area contributed by atoms with Crippen LogP contribution in [-0.4, -0.2) is 24.6 Å². The number of aromatic nitrogens is 1. The molecule has 2 rings (SSSR count). The molecule has 0 saturated carbocycles. The minimum atomic E-state index is 0.927. The number of hydrogen-bond donors (Lipinski definition) is 2. The lowest BCUT2D eigenvalue weighted by molar-refractivity contribution is 0.344. The van der Waals surface area contributed by atoms with E-state index < -0.39 is 0 Å². The molecular weight excluding hydrogens is 230 g/mol. The second-order valence-corrected chi connectivity index (χ2v) is 5.93. The molecule has 1 aromatic rings. The van der Waals surface area contributed by atoms with E-state index in [0.29, 0.717) is 0 Å². The van der Waals surface area contributed by atoms with E-state index in [-0.39, 0.29) is 0 Å². The molecule has 17 heavy (non-hydrogen) atoms. The highest BCUT2D eigenvalue weighted by atomic mass is 32.1. The van der Waals surface area contributed by atoms with E-state index in [1.165, 1.54) is 44.5 Å². The minimum absolute atomic E-state index is 0.927. The number of nitrogens with one attached hydrogen (secondary N) is 2. The molecule has 0 amide bonds. The molecule has 0 unspecified atom stereocenters. The van der Waals surface area contributed by atoms with Gasteiger partial charge in [-0.2, -0.15) is 0 Å². The molecule has 1 aliphatic heterocycles. The third-order valence-corrected chi connectivity index (χ3v) is 4.22. The van der Waals surface area contributed by atoms with Gasteiger partial charge in [-0.25, -0.2) is 4.98 Å². The van der Waals surface area contributed by atoms with Gasteiger partial charge in [0.2, 0.25) is 0 Å². The molecule has 0 aromatic carbocycles. The molecule has 1 fully saturated rings. The predicted molar refractivity (Wildman–Crippen MR) is 73.4 cm³/mol. The van der Waals surface area contributed by atoms with Crippen LogP contribution in [0.25, 0.3) is 0 Å². The summed E-state index contributed by atoms with van der Waals surface area (Å²) in [7, 11) is 0. The summed E-state index contributed by atoms with van der Waals surface area (Å²) in [5, 5.41) is 10.2. The van der Waals surface area contributed by atoms with Crippen LogP contribution in [0.4, 0.5) is 0 Å². The van der Waals surface area contributed by atoms with E-state index in [0.717, 1.165) is 24.0 Å². The maximum atomic E-state index is 4.45. The van der Waals surface area contributed by atoms with Crippen LogP contribution in [0.5, 0.6) is 0 Å². The molecule has 1 aliphatic rings. The van der Waals surface area contributed by atoms with Crippen molar-refractivity contribution in [3.63, 3.8) is 0 Å². The molecule has 1 aromatic heterocycles. The highest BCUT2D eigenvalue weighted by molar-refractivity contribution is 7.09. The van der Waals surface area contributed by atoms with Gasteiger partial charge in [-0.1, -0.05) is 0 Å². The third-order valence-electron chi connectivity index (χ3n) is 3.40. The van der Waals surface area contributed by atoms with Gasteiger partial charge in [-0.05, 0) is 58.2 Å². The summed E-state index contributed by atoms with van der Waals surface area (Å²) in [5.74, 6) is 0.958. The van der Waals surface area contributed by atoms with Gasteiger partial charge in [-0.15, -0.1) is 11.3 Å². The Hall–Kier alpha value is -0.450. The Labute approximate surface area is 108 Å². The first-order chi connectivity index (χ1) is 8.34. The van der Waals surface area contributed by atoms with E-state index in [1.807, 2.05) is 0 Å². The van der Waals surface area contributed by atoms with E-state index in [9.17, 15) is 0 Å². The number of thiazole rings is 1. The van der Waals surface area contributed by atoms with E-state index in [4.69, 9.17) is 0 Å². The number of rotatable bonds is 6. The molecule has 96 valence electrons. The lowest BCUT2D eigenvalue weighted by Crippen LogP contribution is -2.28. The average molecular weight is 253 g/mol. The Morgan fingerprint density at radius 2 is 2.29 bits per heavy atom. The van der Waals surface area contributed by atoms with Gasteiger partial charge in [0.05, 0.1) is 10.7 Å². The first-order valence-electron chi connectivity index (χ1n) is 6.67. The summed E-state index contributed by atoms with van der Waals surface area (Å²) in [6.45, 7) is 6.55. The van der Waals surface area contributed by atoms with Crippen molar-refractivity contribution in [3.8, 4) is 0 Å². The summed E-state index contributed by atoms with van der Waals surface area (Å²) >= 11 is 1.73.